The maximum absolute atomic E-state index is 14.3. The van der Waals surface area contributed by atoms with Crippen LogP contribution in [-0.2, 0) is 11.0 Å². The van der Waals surface area contributed by atoms with Crippen molar-refractivity contribution in [3.63, 3.8) is 0 Å². The molecule has 1 fully saturated rings. The zero-order valence-corrected chi connectivity index (χ0v) is 25.7. The molecular formula is C32H43F3N7O2+. The molecule has 2 aliphatic rings. The smallest absolute Gasteiger partial charge is 0.340 e. The number of hydrogen-bond acceptors (Lipinski definition) is 5. The predicted octanol–water partition coefficient (Wildman–Crippen LogP) is 3.36. The molecule has 1 saturated carbocycles. The summed E-state index contributed by atoms with van der Waals surface area (Å²) in [5, 5.41) is 5.21. The van der Waals surface area contributed by atoms with Gasteiger partial charge in [0, 0.05) is 11.1 Å². The average molecular weight is 615 g/mol. The number of carbonyl (C=O) groups is 2. The van der Waals surface area contributed by atoms with E-state index in [0.29, 0.717) is 36.3 Å². The fourth-order valence-electron chi connectivity index (χ4n) is 6.34. The van der Waals surface area contributed by atoms with E-state index in [0.717, 1.165) is 37.0 Å². The Morgan fingerprint density at radius 1 is 1.09 bits per heavy atom. The molecule has 2 aromatic carbocycles. The second-order valence-corrected chi connectivity index (χ2v) is 12.7. The van der Waals surface area contributed by atoms with E-state index in [4.69, 9.17) is 16.6 Å². The molecule has 0 saturated heterocycles. The molecule has 44 heavy (non-hydrogen) atoms. The van der Waals surface area contributed by atoms with Crippen LogP contribution in [0.2, 0.25) is 0 Å². The maximum atomic E-state index is 14.3. The second kappa shape index (κ2) is 13.0. The number of nitrogens with two attached hydrogens (primary N) is 2. The van der Waals surface area contributed by atoms with Gasteiger partial charge in [-0.2, -0.15) is 23.8 Å². The summed E-state index contributed by atoms with van der Waals surface area (Å²) in [6.45, 7) is 8.77. The van der Waals surface area contributed by atoms with Crippen LogP contribution < -0.4 is 27.5 Å². The quantitative estimate of drug-likeness (QED) is 0.128. The number of aliphatic imine (C=N–C) groups is 1. The van der Waals surface area contributed by atoms with Crippen LogP contribution in [0, 0.1) is 11.3 Å². The van der Waals surface area contributed by atoms with E-state index in [1.54, 1.807) is 12.1 Å². The van der Waals surface area contributed by atoms with Crippen LogP contribution in [0.25, 0.3) is 0 Å². The fourth-order valence-corrected chi connectivity index (χ4v) is 6.34. The third-order valence-electron chi connectivity index (χ3n) is 8.79. The summed E-state index contributed by atoms with van der Waals surface area (Å²) < 4.78 is 39.8. The van der Waals surface area contributed by atoms with E-state index in [1.807, 2.05) is 24.0 Å². The third kappa shape index (κ3) is 7.06. The molecule has 1 aliphatic carbocycles. The highest BCUT2D eigenvalue weighted by Gasteiger charge is 2.52. The number of rotatable bonds is 9. The van der Waals surface area contributed by atoms with Crippen LogP contribution in [0.3, 0.4) is 0 Å². The van der Waals surface area contributed by atoms with Crippen molar-refractivity contribution < 1.29 is 27.9 Å². The Balaban J connectivity index is 1.68. The van der Waals surface area contributed by atoms with E-state index < -0.39 is 17.4 Å². The van der Waals surface area contributed by atoms with Gasteiger partial charge in [0.15, 0.2) is 0 Å². The zero-order chi connectivity index (χ0) is 32.3. The topological polar surface area (TPSA) is 140 Å². The van der Waals surface area contributed by atoms with Gasteiger partial charge >= 0.3 is 6.18 Å². The van der Waals surface area contributed by atoms with Crippen molar-refractivity contribution in [1.82, 2.24) is 15.8 Å². The number of hydrogen-bond donors (Lipinski definition) is 5. The minimum atomic E-state index is -4.47. The van der Waals surface area contributed by atoms with Crippen molar-refractivity contribution in [3.05, 3.63) is 70.8 Å². The summed E-state index contributed by atoms with van der Waals surface area (Å²) in [6.07, 6.45) is 0.0418. The molecule has 7 N–H and O–H groups in total. The third-order valence-corrected chi connectivity index (χ3v) is 8.79. The fraction of sp³-hybridized carbons (Fsp3) is 0.500. The zero-order valence-electron chi connectivity index (χ0n) is 25.7. The van der Waals surface area contributed by atoms with Gasteiger partial charge in [-0.25, -0.2) is 5.84 Å². The summed E-state index contributed by atoms with van der Waals surface area (Å²) in [4.78, 5) is 33.9. The summed E-state index contributed by atoms with van der Waals surface area (Å²) in [7, 11) is 0. The summed E-state index contributed by atoms with van der Waals surface area (Å²) in [6, 6.07) is 11.4. The van der Waals surface area contributed by atoms with Gasteiger partial charge in [-0.05, 0) is 73.3 Å². The molecule has 0 aromatic heterocycles. The normalized spacial score (nSPS) is 21.8. The Kier molecular flexibility index (Phi) is 9.72. The van der Waals surface area contributed by atoms with Crippen molar-refractivity contribution in [2.24, 2.45) is 27.9 Å². The van der Waals surface area contributed by atoms with E-state index >= 15 is 0 Å². The Labute approximate surface area is 256 Å². The number of amides is 2. The number of carbonyl (C=O) groups excluding carboxylic acids is 2. The molecule has 0 radical (unpaired) electrons. The van der Waals surface area contributed by atoms with E-state index in [9.17, 15) is 22.8 Å². The van der Waals surface area contributed by atoms with Gasteiger partial charge in [0.1, 0.15) is 17.9 Å². The molecule has 4 rings (SSSR count). The van der Waals surface area contributed by atoms with Crippen molar-refractivity contribution in [1.29, 1.82) is 0 Å². The van der Waals surface area contributed by atoms with Crippen LogP contribution in [0.4, 0.5) is 13.2 Å². The lowest BCUT2D eigenvalue weighted by Crippen LogP contribution is -2.88. The number of benzene rings is 2. The van der Waals surface area contributed by atoms with Crippen LogP contribution in [0.5, 0.6) is 0 Å². The first-order valence-corrected chi connectivity index (χ1v) is 15.0. The first kappa shape index (κ1) is 33.0. The summed E-state index contributed by atoms with van der Waals surface area (Å²) in [5.74, 6) is 5.25. The summed E-state index contributed by atoms with van der Waals surface area (Å²) in [5.41, 5.74) is 8.30. The lowest BCUT2D eigenvalue weighted by molar-refractivity contribution is -0.530. The first-order chi connectivity index (χ1) is 20.7. The number of nitrogens with zero attached hydrogens (tertiary/aromatic N) is 2. The number of hydrazone groups is 1. The van der Waals surface area contributed by atoms with Gasteiger partial charge < -0.3 is 10.2 Å². The molecule has 1 heterocycles. The van der Waals surface area contributed by atoms with Crippen molar-refractivity contribution in [3.8, 4) is 0 Å². The number of alkyl halides is 3. The van der Waals surface area contributed by atoms with Gasteiger partial charge in [0.2, 0.25) is 0 Å². The van der Waals surface area contributed by atoms with E-state index in [2.05, 4.69) is 36.7 Å². The lowest BCUT2D eigenvalue weighted by Gasteiger charge is -2.47. The van der Waals surface area contributed by atoms with Gasteiger partial charge in [0.05, 0.1) is 11.6 Å². The Morgan fingerprint density at radius 3 is 2.23 bits per heavy atom. The van der Waals surface area contributed by atoms with E-state index in [1.165, 1.54) is 12.1 Å². The largest absolute Gasteiger partial charge is 0.416 e. The highest BCUT2D eigenvalue weighted by atomic mass is 19.4. The Bertz CT molecular complexity index is 1390. The predicted molar refractivity (Wildman–Crippen MR) is 163 cm³/mol. The van der Waals surface area contributed by atoms with Crippen LogP contribution in [0.1, 0.15) is 99.3 Å². The molecule has 2 amide bonds. The molecule has 0 bridgehead atoms. The SMILES string of the molecule is CCCC(c1ccc(C(=O)NCC(N)=[NH+]NN)cc1)N1C(=O)C(c2ccc(C(F)(F)F)cc2)=NC12CCC(C(C)(C)C)CC2. The molecule has 1 aliphatic heterocycles. The monoisotopic (exact) mass is 614 g/mol. The van der Waals surface area contributed by atoms with Crippen LogP contribution in [-0.4, -0.2) is 40.5 Å². The average Bonchev–Trinajstić information content (AvgIpc) is 3.25. The number of nitrogens with one attached hydrogen (secondary N) is 3. The minimum Gasteiger partial charge on any atom is -0.340 e. The van der Waals surface area contributed by atoms with Crippen LogP contribution in [0.15, 0.2) is 53.5 Å². The molecular weight excluding hydrogens is 571 g/mol. The van der Waals surface area contributed by atoms with Gasteiger partial charge in [0.25, 0.3) is 17.6 Å². The van der Waals surface area contributed by atoms with Gasteiger partial charge in [-0.1, -0.05) is 58.4 Å². The minimum absolute atomic E-state index is 0.0632. The molecule has 2 aromatic rings. The molecule has 12 heteroatoms. The molecule has 1 atom stereocenters. The van der Waals surface area contributed by atoms with Crippen molar-refractivity contribution in [2.45, 2.75) is 84.1 Å². The highest BCUT2D eigenvalue weighted by molar-refractivity contribution is 6.46. The van der Waals surface area contributed by atoms with Gasteiger partial charge in [-0.15, -0.1) is 0 Å². The van der Waals surface area contributed by atoms with Crippen LogP contribution >= 0.6 is 0 Å². The first-order valence-electron chi connectivity index (χ1n) is 15.0. The van der Waals surface area contributed by atoms with Crippen molar-refractivity contribution >= 4 is 23.4 Å². The maximum Gasteiger partial charge on any atom is 0.416 e. The lowest BCUT2D eigenvalue weighted by atomic mass is 9.69. The van der Waals surface area contributed by atoms with E-state index in [-0.39, 0.29) is 41.4 Å². The van der Waals surface area contributed by atoms with Gasteiger partial charge in [-0.3, -0.25) is 20.3 Å². The number of hydrazine groups is 2. The second-order valence-electron chi connectivity index (χ2n) is 12.7. The molecule has 9 nitrogen and oxygen atoms in total. The number of halogens is 3. The Morgan fingerprint density at radius 2 is 1.70 bits per heavy atom. The standard InChI is InChI=1S/C32H42F3N7O2/c1-5-6-25(20-7-9-22(10-8-20)28(43)38-19-26(36)40-41-37)42-29(44)27(21-11-13-24(14-12-21)32(33,34)35)39-31(42)17-15-23(16-18-31)30(2,3)4/h7-14,23,25,41H,5-6,15-19,37H2,1-4H3,(H2,36,40)(H,38,43)/p+1. The Hall–Kier alpha value is -3.93. The number of amidine groups is 1. The molecule has 1 spiro atoms. The van der Waals surface area contributed by atoms with Crippen molar-refractivity contribution in [2.75, 3.05) is 6.54 Å². The molecule has 238 valence electrons. The summed E-state index contributed by atoms with van der Waals surface area (Å²) >= 11 is 0. The highest BCUT2D eigenvalue weighted by Crippen LogP contribution is 2.50. The molecule has 1 unspecified atom stereocenters.